The van der Waals surface area contributed by atoms with E-state index in [1.165, 1.54) is 36.3 Å². The van der Waals surface area contributed by atoms with E-state index >= 15 is 0 Å². The monoisotopic (exact) mass is 179 g/mol. The first-order valence-electron chi connectivity index (χ1n) is 5.11. The highest BCUT2D eigenvalue weighted by atomic mass is 15.3. The Balaban J connectivity index is 2.36. The summed E-state index contributed by atoms with van der Waals surface area (Å²) in [5.74, 6) is 1.23. The van der Waals surface area contributed by atoms with Gasteiger partial charge in [0, 0.05) is 19.2 Å². The molecule has 1 aliphatic carbocycles. The summed E-state index contributed by atoms with van der Waals surface area (Å²) < 4.78 is 1.99. The number of hydrogen-bond donors (Lipinski definition) is 1. The SMILES string of the molecule is CCNc1c2c(nn1C)CCCC2. The van der Waals surface area contributed by atoms with E-state index in [1.54, 1.807) is 0 Å². The number of nitrogens with one attached hydrogen (secondary N) is 1. The standard InChI is InChI=1S/C10H17N3/c1-3-11-10-8-6-4-5-7-9(8)12-13(10)2/h11H,3-7H2,1-2H3. The van der Waals surface area contributed by atoms with Crippen LogP contribution in [0.5, 0.6) is 0 Å². The van der Waals surface area contributed by atoms with Gasteiger partial charge in [0.15, 0.2) is 0 Å². The summed E-state index contributed by atoms with van der Waals surface area (Å²) >= 11 is 0. The number of fused-ring (bicyclic) bond motifs is 1. The van der Waals surface area contributed by atoms with Gasteiger partial charge < -0.3 is 5.32 Å². The Labute approximate surface area is 79.1 Å². The van der Waals surface area contributed by atoms with Crippen molar-refractivity contribution in [1.29, 1.82) is 0 Å². The lowest BCUT2D eigenvalue weighted by atomic mass is 9.97. The zero-order valence-electron chi connectivity index (χ0n) is 8.43. The van der Waals surface area contributed by atoms with E-state index in [0.717, 1.165) is 13.0 Å². The smallest absolute Gasteiger partial charge is 0.127 e. The molecule has 0 bridgehead atoms. The lowest BCUT2D eigenvalue weighted by molar-refractivity contribution is 0.664. The molecule has 1 heterocycles. The van der Waals surface area contributed by atoms with E-state index in [9.17, 15) is 0 Å². The van der Waals surface area contributed by atoms with Gasteiger partial charge in [-0.2, -0.15) is 5.10 Å². The maximum Gasteiger partial charge on any atom is 0.127 e. The predicted octanol–water partition coefficient (Wildman–Crippen LogP) is 1.73. The van der Waals surface area contributed by atoms with Crippen molar-refractivity contribution >= 4 is 5.82 Å². The van der Waals surface area contributed by atoms with E-state index in [4.69, 9.17) is 0 Å². The Morgan fingerprint density at radius 1 is 1.38 bits per heavy atom. The van der Waals surface area contributed by atoms with Gasteiger partial charge in [0.25, 0.3) is 0 Å². The Kier molecular flexibility index (Phi) is 2.25. The summed E-state index contributed by atoms with van der Waals surface area (Å²) in [6.07, 6.45) is 4.98. The van der Waals surface area contributed by atoms with Crippen LogP contribution in [0.15, 0.2) is 0 Å². The average molecular weight is 179 g/mol. The number of rotatable bonds is 2. The topological polar surface area (TPSA) is 29.9 Å². The largest absolute Gasteiger partial charge is 0.370 e. The quantitative estimate of drug-likeness (QED) is 0.749. The third kappa shape index (κ3) is 1.43. The van der Waals surface area contributed by atoms with Crippen LogP contribution in [0.4, 0.5) is 5.82 Å². The van der Waals surface area contributed by atoms with E-state index in [-0.39, 0.29) is 0 Å². The third-order valence-electron chi connectivity index (χ3n) is 2.66. The van der Waals surface area contributed by atoms with Gasteiger partial charge in [-0.25, -0.2) is 0 Å². The molecule has 0 fully saturated rings. The van der Waals surface area contributed by atoms with Gasteiger partial charge in [-0.15, -0.1) is 0 Å². The highest BCUT2D eigenvalue weighted by Crippen LogP contribution is 2.26. The van der Waals surface area contributed by atoms with Gasteiger partial charge in [-0.3, -0.25) is 4.68 Å². The highest BCUT2D eigenvalue weighted by molar-refractivity contribution is 5.48. The Morgan fingerprint density at radius 2 is 2.15 bits per heavy atom. The summed E-state index contributed by atoms with van der Waals surface area (Å²) in [6, 6.07) is 0. The van der Waals surface area contributed by atoms with E-state index in [1.807, 2.05) is 11.7 Å². The maximum absolute atomic E-state index is 4.52. The van der Waals surface area contributed by atoms with Gasteiger partial charge in [0.2, 0.25) is 0 Å². The molecule has 0 radical (unpaired) electrons. The molecule has 1 N–H and O–H groups in total. The van der Waals surface area contributed by atoms with Crippen molar-refractivity contribution in [3.8, 4) is 0 Å². The number of nitrogens with zero attached hydrogens (tertiary/aromatic N) is 2. The molecule has 2 rings (SSSR count). The second kappa shape index (κ2) is 3.40. The Bertz CT molecular complexity index is 301. The van der Waals surface area contributed by atoms with Crippen LogP contribution >= 0.6 is 0 Å². The van der Waals surface area contributed by atoms with Crippen LogP contribution in [0.25, 0.3) is 0 Å². The average Bonchev–Trinajstić information content (AvgIpc) is 2.44. The Morgan fingerprint density at radius 3 is 2.92 bits per heavy atom. The van der Waals surface area contributed by atoms with Crippen molar-refractivity contribution < 1.29 is 0 Å². The summed E-state index contributed by atoms with van der Waals surface area (Å²) in [5.41, 5.74) is 2.76. The molecule has 0 atom stereocenters. The normalized spacial score (nSPS) is 15.5. The molecule has 0 amide bonds. The highest BCUT2D eigenvalue weighted by Gasteiger charge is 2.18. The molecule has 0 aliphatic heterocycles. The van der Waals surface area contributed by atoms with Gasteiger partial charge in [0.05, 0.1) is 5.69 Å². The number of aryl methyl sites for hydroxylation is 2. The summed E-state index contributed by atoms with van der Waals surface area (Å²) in [5, 5.41) is 7.91. The molecule has 13 heavy (non-hydrogen) atoms. The minimum absolute atomic E-state index is 0.978. The first kappa shape index (κ1) is 8.60. The molecule has 3 heteroatoms. The zero-order chi connectivity index (χ0) is 9.26. The van der Waals surface area contributed by atoms with Gasteiger partial charge >= 0.3 is 0 Å². The van der Waals surface area contributed by atoms with Crippen molar-refractivity contribution in [2.75, 3.05) is 11.9 Å². The second-order valence-corrected chi connectivity index (χ2v) is 3.63. The van der Waals surface area contributed by atoms with Crippen LogP contribution in [-0.4, -0.2) is 16.3 Å². The molecular weight excluding hydrogens is 162 g/mol. The zero-order valence-corrected chi connectivity index (χ0v) is 8.43. The molecule has 1 aliphatic rings. The molecule has 72 valence electrons. The number of hydrogen-bond acceptors (Lipinski definition) is 2. The van der Waals surface area contributed by atoms with E-state index in [2.05, 4.69) is 17.3 Å². The van der Waals surface area contributed by atoms with Crippen LogP contribution in [0.1, 0.15) is 31.0 Å². The lowest BCUT2D eigenvalue weighted by Crippen LogP contribution is -2.06. The first-order chi connectivity index (χ1) is 6.33. The summed E-state index contributed by atoms with van der Waals surface area (Å²) in [4.78, 5) is 0. The van der Waals surface area contributed by atoms with Gasteiger partial charge in [-0.1, -0.05) is 0 Å². The molecule has 0 aromatic carbocycles. The maximum atomic E-state index is 4.52. The number of aromatic nitrogens is 2. The van der Waals surface area contributed by atoms with Gasteiger partial charge in [0.1, 0.15) is 5.82 Å². The first-order valence-corrected chi connectivity index (χ1v) is 5.11. The molecule has 0 saturated heterocycles. The molecule has 1 aromatic rings. The van der Waals surface area contributed by atoms with Crippen LogP contribution in [-0.2, 0) is 19.9 Å². The summed E-state index contributed by atoms with van der Waals surface area (Å²) in [7, 11) is 2.02. The van der Waals surface area contributed by atoms with Crippen molar-refractivity contribution in [3.63, 3.8) is 0 Å². The van der Waals surface area contributed by atoms with E-state index in [0.29, 0.717) is 0 Å². The predicted molar refractivity (Wildman–Crippen MR) is 54.0 cm³/mol. The van der Waals surface area contributed by atoms with Crippen LogP contribution < -0.4 is 5.32 Å². The molecule has 0 spiro atoms. The fraction of sp³-hybridized carbons (Fsp3) is 0.700. The molecule has 3 nitrogen and oxygen atoms in total. The minimum Gasteiger partial charge on any atom is -0.370 e. The van der Waals surface area contributed by atoms with Crippen molar-refractivity contribution in [1.82, 2.24) is 9.78 Å². The van der Waals surface area contributed by atoms with Crippen molar-refractivity contribution in [3.05, 3.63) is 11.3 Å². The van der Waals surface area contributed by atoms with Crippen molar-refractivity contribution in [2.45, 2.75) is 32.6 Å². The fourth-order valence-electron chi connectivity index (χ4n) is 2.07. The van der Waals surface area contributed by atoms with Crippen molar-refractivity contribution in [2.24, 2.45) is 7.05 Å². The van der Waals surface area contributed by atoms with Gasteiger partial charge in [-0.05, 0) is 32.6 Å². The Hall–Kier alpha value is -0.990. The molecule has 1 aromatic heterocycles. The van der Waals surface area contributed by atoms with Crippen LogP contribution in [0.3, 0.4) is 0 Å². The minimum atomic E-state index is 0.978. The number of anilines is 1. The third-order valence-corrected chi connectivity index (χ3v) is 2.66. The van der Waals surface area contributed by atoms with Crippen LogP contribution in [0, 0.1) is 0 Å². The van der Waals surface area contributed by atoms with E-state index < -0.39 is 0 Å². The summed E-state index contributed by atoms with van der Waals surface area (Å²) in [6.45, 7) is 3.11. The molecular formula is C10H17N3. The molecule has 0 saturated carbocycles. The molecule has 0 unspecified atom stereocenters. The van der Waals surface area contributed by atoms with Crippen LogP contribution in [0.2, 0.25) is 0 Å². The second-order valence-electron chi connectivity index (χ2n) is 3.63. The lowest BCUT2D eigenvalue weighted by Gasteiger charge is -2.11. The fourth-order valence-corrected chi connectivity index (χ4v) is 2.07.